The topological polar surface area (TPSA) is 76.4 Å². The average molecular weight is 503 g/mol. The molecule has 34 heavy (non-hydrogen) atoms. The number of ether oxygens (including phenoxy) is 2. The normalized spacial score (nSPS) is 22.4. The summed E-state index contributed by atoms with van der Waals surface area (Å²) < 4.78 is 13.3. The van der Waals surface area contributed by atoms with Crippen LogP contribution in [0, 0.1) is 6.92 Å². The number of fused-ring (bicyclic) bond motifs is 1. The largest absolute Gasteiger partial charge is 0.382 e. The summed E-state index contributed by atoms with van der Waals surface area (Å²) in [5.41, 5.74) is 1.69. The third kappa shape index (κ3) is 5.05. The molecule has 4 rings (SSSR count). The predicted molar refractivity (Wildman–Crippen MR) is 139 cm³/mol. The van der Waals surface area contributed by atoms with E-state index in [0.717, 1.165) is 5.56 Å². The fraction of sp³-hybridized carbons (Fsp3) is 0.500. The molecule has 0 aliphatic carbocycles. The van der Waals surface area contributed by atoms with Gasteiger partial charge in [0.2, 0.25) is 0 Å². The van der Waals surface area contributed by atoms with E-state index in [0.29, 0.717) is 65.5 Å². The molecule has 2 aromatic rings. The minimum Gasteiger partial charge on any atom is -0.382 e. The Labute approximate surface area is 208 Å². The minimum atomic E-state index is -0.211. The van der Waals surface area contributed by atoms with Crippen molar-refractivity contribution in [1.29, 1.82) is 0 Å². The van der Waals surface area contributed by atoms with Crippen molar-refractivity contribution in [3.63, 3.8) is 0 Å². The summed E-state index contributed by atoms with van der Waals surface area (Å²) in [6.07, 6.45) is 4.06. The number of carbonyl (C=O) groups excluding carboxylic acids is 1. The molecule has 2 fully saturated rings. The van der Waals surface area contributed by atoms with Crippen LogP contribution in [0.15, 0.2) is 28.0 Å². The van der Waals surface area contributed by atoms with Crippen molar-refractivity contribution in [2.45, 2.75) is 46.3 Å². The lowest BCUT2D eigenvalue weighted by Crippen LogP contribution is -2.46. The predicted octanol–water partition coefficient (Wildman–Crippen LogP) is 3.24. The molecule has 2 saturated heterocycles. The molecule has 2 aliphatic heterocycles. The first kappa shape index (κ1) is 24.8. The summed E-state index contributed by atoms with van der Waals surface area (Å²) >= 11 is 6.69. The van der Waals surface area contributed by atoms with Gasteiger partial charge < -0.3 is 14.4 Å². The fourth-order valence-corrected chi connectivity index (χ4v) is 5.60. The second-order valence-corrected chi connectivity index (χ2v) is 10.3. The van der Waals surface area contributed by atoms with Gasteiger partial charge in [-0.2, -0.15) is 0 Å². The van der Waals surface area contributed by atoms with Crippen LogP contribution >= 0.6 is 24.0 Å². The number of morpholine rings is 1. The second kappa shape index (κ2) is 10.6. The van der Waals surface area contributed by atoms with Crippen molar-refractivity contribution in [2.75, 3.05) is 37.7 Å². The number of hydrogen-bond donors (Lipinski definition) is 0. The maximum Gasteiger partial charge on any atom is 0.267 e. The minimum absolute atomic E-state index is 0.00253. The quantitative estimate of drug-likeness (QED) is 0.325. The van der Waals surface area contributed by atoms with Gasteiger partial charge in [0.1, 0.15) is 15.8 Å². The molecule has 0 aromatic carbocycles. The lowest BCUT2D eigenvalue weighted by molar-refractivity contribution is -0.122. The van der Waals surface area contributed by atoms with E-state index in [2.05, 4.69) is 4.90 Å². The van der Waals surface area contributed by atoms with Crippen molar-refractivity contribution < 1.29 is 14.3 Å². The van der Waals surface area contributed by atoms with E-state index >= 15 is 0 Å². The molecule has 1 amide bonds. The summed E-state index contributed by atoms with van der Waals surface area (Å²) in [5.74, 6) is 0.387. The molecule has 0 spiro atoms. The molecule has 4 heterocycles. The van der Waals surface area contributed by atoms with Crippen LogP contribution in [0.1, 0.15) is 38.3 Å². The number of nitrogens with zero attached hydrogens (tertiary/aromatic N) is 4. The van der Waals surface area contributed by atoms with Crippen LogP contribution in [-0.4, -0.2) is 69.6 Å². The molecule has 0 saturated carbocycles. The Hall–Kier alpha value is -2.27. The molecule has 182 valence electrons. The Morgan fingerprint density at radius 1 is 1.29 bits per heavy atom. The first-order valence-corrected chi connectivity index (χ1v) is 12.8. The molecular weight excluding hydrogens is 472 g/mol. The van der Waals surface area contributed by atoms with Gasteiger partial charge in [0.25, 0.3) is 11.5 Å². The van der Waals surface area contributed by atoms with E-state index < -0.39 is 0 Å². The number of thiocarbonyl (C=S) groups is 1. The van der Waals surface area contributed by atoms with Crippen molar-refractivity contribution >= 4 is 51.7 Å². The maximum absolute atomic E-state index is 13.6. The van der Waals surface area contributed by atoms with Gasteiger partial charge in [0.15, 0.2) is 0 Å². The molecule has 0 N–H and O–H groups in total. The fourth-order valence-electron chi connectivity index (χ4n) is 4.31. The van der Waals surface area contributed by atoms with Crippen LogP contribution < -0.4 is 10.5 Å². The number of amides is 1. The van der Waals surface area contributed by atoms with E-state index in [4.69, 9.17) is 26.7 Å². The van der Waals surface area contributed by atoms with Crippen LogP contribution in [-0.2, 0) is 14.3 Å². The monoisotopic (exact) mass is 502 g/mol. The number of aromatic nitrogens is 2. The lowest BCUT2D eigenvalue weighted by Gasteiger charge is -2.36. The Morgan fingerprint density at radius 2 is 2.03 bits per heavy atom. The highest BCUT2D eigenvalue weighted by Crippen LogP contribution is 2.34. The number of aryl methyl sites for hydroxylation is 1. The molecular formula is C24H30N4O4S2. The number of anilines is 1. The number of thioether (sulfide) groups is 1. The zero-order valence-electron chi connectivity index (χ0n) is 19.9. The number of hydrogen-bond acceptors (Lipinski definition) is 8. The first-order chi connectivity index (χ1) is 16.3. The van der Waals surface area contributed by atoms with E-state index in [1.165, 1.54) is 11.8 Å². The van der Waals surface area contributed by atoms with Crippen LogP contribution in [0.4, 0.5) is 5.82 Å². The smallest absolute Gasteiger partial charge is 0.267 e. The van der Waals surface area contributed by atoms with E-state index in [1.54, 1.807) is 21.6 Å². The van der Waals surface area contributed by atoms with Gasteiger partial charge >= 0.3 is 0 Å². The Kier molecular flexibility index (Phi) is 7.71. The molecule has 2 aliphatic rings. The van der Waals surface area contributed by atoms with Gasteiger partial charge in [-0.25, -0.2) is 4.98 Å². The van der Waals surface area contributed by atoms with Gasteiger partial charge in [-0.05, 0) is 51.8 Å². The summed E-state index contributed by atoms with van der Waals surface area (Å²) in [6, 6.07) is 3.76. The number of carbonyl (C=O) groups is 1. The van der Waals surface area contributed by atoms with Crippen molar-refractivity contribution in [1.82, 2.24) is 14.3 Å². The molecule has 2 unspecified atom stereocenters. The molecule has 8 nitrogen and oxygen atoms in total. The SMILES string of the molecule is CCOCCCN1C(=O)/C(=C\c2c(N3CC(C)OC(C)C3)nc3c(C)cccn3c2=O)SC1=S. The highest BCUT2D eigenvalue weighted by Gasteiger charge is 2.33. The lowest BCUT2D eigenvalue weighted by atomic mass is 10.1. The first-order valence-electron chi connectivity index (χ1n) is 11.6. The zero-order chi connectivity index (χ0) is 24.4. The third-order valence-corrected chi connectivity index (χ3v) is 7.18. The van der Waals surface area contributed by atoms with Gasteiger partial charge in [0, 0.05) is 39.0 Å². The number of rotatable bonds is 7. The Morgan fingerprint density at radius 3 is 2.74 bits per heavy atom. The average Bonchev–Trinajstić information content (AvgIpc) is 3.05. The highest BCUT2D eigenvalue weighted by molar-refractivity contribution is 8.26. The summed E-state index contributed by atoms with van der Waals surface area (Å²) in [4.78, 5) is 35.8. The molecule has 2 aromatic heterocycles. The van der Waals surface area contributed by atoms with E-state index in [9.17, 15) is 9.59 Å². The van der Waals surface area contributed by atoms with Crippen molar-refractivity contribution in [2.24, 2.45) is 0 Å². The second-order valence-electron chi connectivity index (χ2n) is 8.59. The maximum atomic E-state index is 13.6. The molecule has 0 radical (unpaired) electrons. The Bertz CT molecular complexity index is 1190. The molecule has 2 atom stereocenters. The van der Waals surface area contributed by atoms with Crippen LogP contribution in [0.25, 0.3) is 11.7 Å². The van der Waals surface area contributed by atoms with Gasteiger partial charge in [-0.15, -0.1) is 0 Å². The standard InChI is InChI=1S/C24H30N4O4S2/c1-5-31-11-7-10-28-23(30)19(34-24(28)33)12-18-21(26-13-16(3)32-17(4)14-26)25-20-15(2)8-6-9-27(20)22(18)29/h6,8-9,12,16-17H,5,7,10-11,13-14H2,1-4H3/b19-12+. The zero-order valence-corrected chi connectivity index (χ0v) is 21.6. The van der Waals surface area contributed by atoms with Gasteiger partial charge in [-0.3, -0.25) is 18.9 Å². The van der Waals surface area contributed by atoms with Crippen molar-refractivity contribution in [3.8, 4) is 0 Å². The van der Waals surface area contributed by atoms with Crippen LogP contribution in [0.5, 0.6) is 0 Å². The molecule has 10 heteroatoms. The summed E-state index contributed by atoms with van der Waals surface area (Å²) in [5, 5.41) is 0. The van der Waals surface area contributed by atoms with Crippen molar-refractivity contribution in [3.05, 3.63) is 44.7 Å². The van der Waals surface area contributed by atoms with E-state index in [1.807, 2.05) is 39.8 Å². The third-order valence-electron chi connectivity index (χ3n) is 5.81. The van der Waals surface area contributed by atoms with E-state index in [-0.39, 0.29) is 23.7 Å². The number of pyridine rings is 1. The summed E-state index contributed by atoms with van der Waals surface area (Å²) in [7, 11) is 0. The summed E-state index contributed by atoms with van der Waals surface area (Å²) in [6.45, 7) is 10.8. The molecule has 0 bridgehead atoms. The van der Waals surface area contributed by atoms with Crippen LogP contribution in [0.2, 0.25) is 0 Å². The highest BCUT2D eigenvalue weighted by atomic mass is 32.2. The van der Waals surface area contributed by atoms with Crippen LogP contribution in [0.3, 0.4) is 0 Å². The van der Waals surface area contributed by atoms with Gasteiger partial charge in [0.05, 0.1) is 22.7 Å². The Balaban J connectivity index is 1.76. The van der Waals surface area contributed by atoms with Gasteiger partial charge in [-0.1, -0.05) is 30.0 Å².